The second-order valence-corrected chi connectivity index (χ2v) is 45.9. The van der Waals surface area contributed by atoms with E-state index >= 15 is 0 Å². The molecule has 12 aromatic rings. The molecule has 0 saturated heterocycles. The SMILES string of the molecule is C=O.CC(C)CC[P+](CCP(c1ccccc1)c1ccccc1)(c1ccccc1)c1ccccc1.CC(C)CC[P+](CCP(c1ccccc1)c1ccccc1)(c1ccccc1)c1ccccc1.CC(C)CC[P+](CCP(c1ccccc1)c1ccccc1)(c1ccccc1)c1ccccc1.[Br-].[Br-].[Br-].[Rh+2]. The number of hydrogen-bond acceptors (Lipinski definition) is 1. The molecule has 1 radical (unpaired) electrons. The summed E-state index contributed by atoms with van der Waals surface area (Å²) in [6.07, 6.45) is 15.1. The molecule has 0 fully saturated rings. The van der Waals surface area contributed by atoms with Crippen LogP contribution in [0.1, 0.15) is 60.8 Å². The molecule has 0 unspecified atom stereocenters. The van der Waals surface area contributed by atoms with Gasteiger partial charge in [0.2, 0.25) is 0 Å². The fourth-order valence-electron chi connectivity index (χ4n) is 13.7. The Balaban J connectivity index is 0.000000274. The van der Waals surface area contributed by atoms with Crippen LogP contribution in [0.5, 0.6) is 0 Å². The number of rotatable bonds is 30. The maximum Gasteiger partial charge on any atom is 2.00 e. The molecule has 0 aliphatic rings. The second-order valence-electron chi connectivity index (χ2n) is 27.3. The zero-order valence-corrected chi connectivity index (χ0v) is 73.9. The van der Waals surface area contributed by atoms with Gasteiger partial charge in [0.25, 0.3) is 0 Å². The van der Waals surface area contributed by atoms with Crippen LogP contribution in [0.2, 0.25) is 0 Å². The summed E-state index contributed by atoms with van der Waals surface area (Å²) in [6, 6.07) is 136. The summed E-state index contributed by atoms with van der Waals surface area (Å²) >= 11 is 0. The van der Waals surface area contributed by atoms with Gasteiger partial charge in [0.1, 0.15) is 6.79 Å². The van der Waals surface area contributed by atoms with E-state index in [1.165, 1.54) is 107 Å². The fourth-order valence-corrected chi connectivity index (χ4v) is 37.9. The van der Waals surface area contributed by atoms with E-state index in [0.717, 1.165) is 0 Å². The molecule has 0 N–H and O–H groups in total. The minimum Gasteiger partial charge on any atom is -1.00 e. The summed E-state index contributed by atoms with van der Waals surface area (Å²) in [7, 11) is -5.78. The average Bonchev–Trinajstić information content (AvgIpc) is 0.789. The predicted molar refractivity (Wildman–Crippen MR) is 464 cm³/mol. The maximum absolute atomic E-state index is 8.00. The number of benzene rings is 12. The molecule has 0 aliphatic carbocycles. The van der Waals surface area contributed by atoms with E-state index in [-0.39, 0.29) is 70.4 Å². The van der Waals surface area contributed by atoms with Gasteiger partial charge in [0.15, 0.2) is 0 Å². The summed E-state index contributed by atoms with van der Waals surface area (Å²) in [6.45, 7) is 16.2. The third kappa shape index (κ3) is 26.6. The minimum absolute atomic E-state index is 0. The van der Waals surface area contributed by atoms with E-state index < -0.39 is 45.6 Å². The maximum atomic E-state index is 8.00. The van der Waals surface area contributed by atoms with Gasteiger partial charge in [-0.3, -0.25) is 0 Å². The molecule has 11 heteroatoms. The van der Waals surface area contributed by atoms with Gasteiger partial charge in [0.05, 0.1) is 90.6 Å². The van der Waals surface area contributed by atoms with E-state index in [1.807, 2.05) is 6.79 Å². The van der Waals surface area contributed by atoms with Crippen LogP contribution < -0.4 is 115 Å². The van der Waals surface area contributed by atoms with Crippen molar-refractivity contribution in [1.82, 2.24) is 0 Å². The summed E-state index contributed by atoms with van der Waals surface area (Å²) in [5.74, 6) is 2.13. The Morgan fingerprint density at radius 1 is 0.219 bits per heavy atom. The Kier molecular flexibility index (Phi) is 42.4. The molecule has 12 aromatic carbocycles. The van der Waals surface area contributed by atoms with Crippen LogP contribution >= 0.6 is 45.6 Å². The normalized spacial score (nSPS) is 11.1. The first-order chi connectivity index (χ1) is 49.6. The van der Waals surface area contributed by atoms with Crippen LogP contribution in [0.25, 0.3) is 0 Å². The molecule has 1 nitrogen and oxygen atoms in total. The molecular formula is C94H107Br3OP6Rh+2. The van der Waals surface area contributed by atoms with Gasteiger partial charge in [-0.05, 0) is 165 Å². The third-order valence-electron chi connectivity index (χ3n) is 19.3. The van der Waals surface area contributed by atoms with E-state index in [0.29, 0.717) is 17.8 Å². The number of carbonyl (C=O) groups is 1. The topological polar surface area (TPSA) is 17.1 Å². The first kappa shape index (κ1) is 90.6. The first-order valence-electron chi connectivity index (χ1n) is 36.4. The molecule has 12 rings (SSSR count). The Morgan fingerprint density at radius 2 is 0.343 bits per heavy atom. The molecule has 105 heavy (non-hydrogen) atoms. The van der Waals surface area contributed by atoms with Gasteiger partial charge in [-0.2, -0.15) is 0 Å². The Morgan fingerprint density at radius 3 is 0.467 bits per heavy atom. The Hall–Kier alpha value is -5.05. The quantitative estimate of drug-likeness (QED) is 0.0324. The van der Waals surface area contributed by atoms with Gasteiger partial charge in [-0.15, -0.1) is 0 Å². The molecule has 547 valence electrons. The van der Waals surface area contributed by atoms with Gasteiger partial charge >= 0.3 is 19.5 Å². The van der Waals surface area contributed by atoms with Gasteiger partial charge < -0.3 is 55.7 Å². The molecule has 0 bridgehead atoms. The van der Waals surface area contributed by atoms with Crippen molar-refractivity contribution in [3.63, 3.8) is 0 Å². The smallest absolute Gasteiger partial charge is 1.00 e. The number of hydrogen-bond donors (Lipinski definition) is 0. The van der Waals surface area contributed by atoms with Crippen LogP contribution in [0.4, 0.5) is 0 Å². The van der Waals surface area contributed by atoms with E-state index in [2.05, 4.69) is 406 Å². The molecule has 0 aromatic heterocycles. The summed E-state index contributed by atoms with van der Waals surface area (Å²) in [5, 5.41) is 18.3. The summed E-state index contributed by atoms with van der Waals surface area (Å²) in [4.78, 5) is 8.00. The molecule has 0 amide bonds. The molecule has 0 aliphatic heterocycles. The average molecular weight is 1780 g/mol. The molecule has 0 atom stereocenters. The fraction of sp³-hybridized carbons (Fsp3) is 0.223. The first-order valence-corrected chi connectivity index (χ1v) is 47.5. The predicted octanol–water partition coefficient (Wildman–Crippen LogP) is 11.3. The van der Waals surface area contributed by atoms with Crippen molar-refractivity contribution in [3.8, 4) is 0 Å². The van der Waals surface area contributed by atoms with Crippen molar-refractivity contribution in [2.75, 3.05) is 55.5 Å². The van der Waals surface area contributed by atoms with Crippen molar-refractivity contribution in [3.05, 3.63) is 364 Å². The van der Waals surface area contributed by atoms with Gasteiger partial charge in [-0.1, -0.05) is 333 Å². The Bertz CT molecular complexity index is 3480. The summed E-state index contributed by atoms with van der Waals surface area (Å²) in [5.41, 5.74) is 0. The number of carbonyl (C=O) groups excluding carboxylic acids is 1. The summed E-state index contributed by atoms with van der Waals surface area (Å²) < 4.78 is 0. The van der Waals surface area contributed by atoms with Crippen LogP contribution in [0, 0.1) is 17.8 Å². The van der Waals surface area contributed by atoms with Crippen molar-refractivity contribution < 1.29 is 75.2 Å². The zero-order valence-electron chi connectivity index (χ0n) is 62.1. The van der Waals surface area contributed by atoms with Gasteiger partial charge in [-0.25, -0.2) is 0 Å². The van der Waals surface area contributed by atoms with Gasteiger partial charge in [0, 0.05) is 18.5 Å². The number of halogens is 3. The zero-order chi connectivity index (χ0) is 70.8. The molecule has 0 saturated carbocycles. The van der Waals surface area contributed by atoms with Crippen molar-refractivity contribution in [2.24, 2.45) is 17.8 Å². The van der Waals surface area contributed by atoms with E-state index in [9.17, 15) is 0 Å². The largest absolute Gasteiger partial charge is 2.00 e. The van der Waals surface area contributed by atoms with Crippen LogP contribution in [0.15, 0.2) is 364 Å². The monoisotopic (exact) mass is 1780 g/mol. The third-order valence-corrected chi connectivity index (χ3v) is 41.6. The molecule has 0 heterocycles. The van der Waals surface area contributed by atoms with Crippen LogP contribution in [-0.2, 0) is 24.3 Å². The van der Waals surface area contributed by atoms with Crippen LogP contribution in [0.3, 0.4) is 0 Å². The standard InChI is InChI=1S/3C31H35P2.CH2O.3BrH.Rh/c3*1-27(2)23-25-33(30-19-11-5-12-20-30,31-21-13-6-14-22-31)26-24-32(28-15-7-3-8-16-28)29-17-9-4-10-18-29;1-2;;;;/h3*3-22,27H,23-26H2,1-2H3;1H2;3*1H;/q3*+1;;;;;+2/p-3. The van der Waals surface area contributed by atoms with Crippen LogP contribution in [-0.4, -0.2) is 62.2 Å². The molecule has 0 spiro atoms. The van der Waals surface area contributed by atoms with Crippen molar-refractivity contribution >= 4 is 116 Å². The van der Waals surface area contributed by atoms with Crippen molar-refractivity contribution in [2.45, 2.75) is 60.8 Å². The van der Waals surface area contributed by atoms with Crippen molar-refractivity contribution in [1.29, 1.82) is 0 Å². The second kappa shape index (κ2) is 49.2. The van der Waals surface area contributed by atoms with E-state index in [4.69, 9.17) is 4.79 Å². The molecular weight excluding hydrogens is 1670 g/mol. The van der Waals surface area contributed by atoms with E-state index in [1.54, 1.807) is 31.8 Å². The Labute approximate surface area is 682 Å². The minimum atomic E-state index is -1.53.